The van der Waals surface area contributed by atoms with Gasteiger partial charge in [0.1, 0.15) is 29.7 Å². The Labute approximate surface area is 157 Å². The van der Waals surface area contributed by atoms with Gasteiger partial charge in [0.15, 0.2) is 0 Å². The van der Waals surface area contributed by atoms with E-state index in [1.54, 1.807) is 32.0 Å². The number of fused-ring (bicyclic) bond motifs is 1. The maximum absolute atomic E-state index is 12.7. The minimum absolute atomic E-state index is 0.384. The molecule has 0 aliphatic carbocycles. The van der Waals surface area contributed by atoms with Gasteiger partial charge in [-0.1, -0.05) is 37.3 Å². The van der Waals surface area contributed by atoms with Crippen molar-refractivity contribution in [3.63, 3.8) is 0 Å². The fourth-order valence-electron chi connectivity index (χ4n) is 2.92. The number of benzene rings is 2. The second-order valence-electron chi connectivity index (χ2n) is 6.30. The van der Waals surface area contributed by atoms with Gasteiger partial charge in [0.05, 0.1) is 5.56 Å². The standard InChI is InChI=1S/C21H22N2O4/c1-3-17(20(22)24)23-21(25)19-13(2)27-18-10-9-15(11-16(18)19)26-12-14-7-5-4-6-8-14/h4-11,17H,3,12H2,1-2H3,(H2,22,24)(H,23,25)/t17-/m0/s1. The third-order valence-electron chi connectivity index (χ3n) is 4.37. The highest BCUT2D eigenvalue weighted by Gasteiger charge is 2.23. The number of carbonyl (C=O) groups is 2. The summed E-state index contributed by atoms with van der Waals surface area (Å²) >= 11 is 0. The number of hydrogen-bond acceptors (Lipinski definition) is 4. The van der Waals surface area contributed by atoms with Crippen LogP contribution in [-0.2, 0) is 11.4 Å². The summed E-state index contributed by atoms with van der Waals surface area (Å²) in [5.74, 6) is 0.144. The highest BCUT2D eigenvalue weighted by molar-refractivity contribution is 6.08. The van der Waals surface area contributed by atoms with E-state index in [0.29, 0.717) is 41.1 Å². The minimum Gasteiger partial charge on any atom is -0.489 e. The lowest BCUT2D eigenvalue weighted by atomic mass is 10.1. The molecule has 3 aromatic rings. The first kappa shape index (κ1) is 18.5. The number of aryl methyl sites for hydroxylation is 1. The van der Waals surface area contributed by atoms with Crippen LogP contribution in [0, 0.1) is 6.92 Å². The highest BCUT2D eigenvalue weighted by Crippen LogP contribution is 2.29. The number of rotatable bonds is 7. The predicted molar refractivity (Wildman–Crippen MR) is 102 cm³/mol. The van der Waals surface area contributed by atoms with Crippen LogP contribution in [-0.4, -0.2) is 17.9 Å². The van der Waals surface area contributed by atoms with Gasteiger partial charge < -0.3 is 20.2 Å². The first-order chi connectivity index (χ1) is 13.0. The summed E-state index contributed by atoms with van der Waals surface area (Å²) in [6, 6.07) is 14.4. The zero-order valence-electron chi connectivity index (χ0n) is 15.3. The number of nitrogens with two attached hydrogens (primary N) is 1. The zero-order chi connectivity index (χ0) is 19.4. The Morgan fingerprint density at radius 2 is 1.93 bits per heavy atom. The average Bonchev–Trinajstić information content (AvgIpc) is 3.00. The topological polar surface area (TPSA) is 94.6 Å². The molecule has 0 saturated heterocycles. The fraction of sp³-hybridized carbons (Fsp3) is 0.238. The molecule has 0 unspecified atom stereocenters. The summed E-state index contributed by atoms with van der Waals surface area (Å²) in [6.45, 7) is 3.92. The van der Waals surface area contributed by atoms with Crippen LogP contribution in [0.3, 0.4) is 0 Å². The zero-order valence-corrected chi connectivity index (χ0v) is 15.3. The van der Waals surface area contributed by atoms with Crippen molar-refractivity contribution in [3.05, 3.63) is 65.4 Å². The Morgan fingerprint density at radius 3 is 2.59 bits per heavy atom. The molecule has 0 bridgehead atoms. The van der Waals surface area contributed by atoms with Crippen LogP contribution in [0.1, 0.15) is 35.0 Å². The molecule has 0 aliphatic heterocycles. The highest BCUT2D eigenvalue weighted by atomic mass is 16.5. The first-order valence-corrected chi connectivity index (χ1v) is 8.79. The molecular formula is C21H22N2O4. The van der Waals surface area contributed by atoms with Gasteiger partial charge >= 0.3 is 0 Å². The first-order valence-electron chi connectivity index (χ1n) is 8.79. The minimum atomic E-state index is -0.723. The summed E-state index contributed by atoms with van der Waals surface area (Å²) in [7, 11) is 0. The molecule has 0 spiro atoms. The van der Waals surface area contributed by atoms with Crippen molar-refractivity contribution in [2.24, 2.45) is 5.73 Å². The van der Waals surface area contributed by atoms with Crippen molar-refractivity contribution in [2.75, 3.05) is 0 Å². The van der Waals surface area contributed by atoms with E-state index < -0.39 is 17.9 Å². The van der Waals surface area contributed by atoms with Gasteiger partial charge in [-0.2, -0.15) is 0 Å². The summed E-state index contributed by atoms with van der Waals surface area (Å²) in [6.07, 6.45) is 0.418. The number of primary amides is 1. The van der Waals surface area contributed by atoms with Crippen LogP contribution in [0.5, 0.6) is 5.75 Å². The van der Waals surface area contributed by atoms with Crippen molar-refractivity contribution in [1.82, 2.24) is 5.32 Å². The number of ether oxygens (including phenoxy) is 1. The smallest absolute Gasteiger partial charge is 0.256 e. The quantitative estimate of drug-likeness (QED) is 0.671. The Bertz CT molecular complexity index is 963. The van der Waals surface area contributed by atoms with E-state index in [2.05, 4.69) is 5.32 Å². The number of carbonyl (C=O) groups excluding carboxylic acids is 2. The van der Waals surface area contributed by atoms with Crippen LogP contribution in [0.15, 0.2) is 52.9 Å². The van der Waals surface area contributed by atoms with Crippen LogP contribution < -0.4 is 15.8 Å². The number of furan rings is 1. The molecule has 0 aliphatic rings. The average molecular weight is 366 g/mol. The molecule has 0 fully saturated rings. The molecule has 6 nitrogen and oxygen atoms in total. The molecule has 0 radical (unpaired) electrons. The van der Waals surface area contributed by atoms with Gasteiger partial charge in [-0.15, -0.1) is 0 Å². The lowest BCUT2D eigenvalue weighted by molar-refractivity contribution is -0.119. The van der Waals surface area contributed by atoms with Crippen molar-refractivity contribution in [2.45, 2.75) is 32.9 Å². The van der Waals surface area contributed by atoms with Crippen LogP contribution in [0.2, 0.25) is 0 Å². The van der Waals surface area contributed by atoms with E-state index in [4.69, 9.17) is 14.9 Å². The molecule has 3 rings (SSSR count). The molecule has 140 valence electrons. The maximum Gasteiger partial charge on any atom is 0.256 e. The van der Waals surface area contributed by atoms with Crippen LogP contribution in [0.4, 0.5) is 0 Å². The molecule has 0 saturated carbocycles. The Balaban J connectivity index is 1.86. The third kappa shape index (κ3) is 4.11. The van der Waals surface area contributed by atoms with Crippen LogP contribution >= 0.6 is 0 Å². The molecule has 6 heteroatoms. The normalized spacial score (nSPS) is 11.9. The van der Waals surface area contributed by atoms with E-state index in [0.717, 1.165) is 5.56 Å². The summed E-state index contributed by atoms with van der Waals surface area (Å²) < 4.78 is 11.5. The van der Waals surface area contributed by atoms with E-state index in [-0.39, 0.29) is 0 Å². The Morgan fingerprint density at radius 1 is 1.19 bits per heavy atom. The fourth-order valence-corrected chi connectivity index (χ4v) is 2.92. The van der Waals surface area contributed by atoms with E-state index in [1.807, 2.05) is 30.3 Å². The van der Waals surface area contributed by atoms with Gasteiger partial charge in [-0.25, -0.2) is 0 Å². The van der Waals surface area contributed by atoms with E-state index in [1.165, 1.54) is 0 Å². The van der Waals surface area contributed by atoms with Crippen LogP contribution in [0.25, 0.3) is 11.0 Å². The summed E-state index contributed by atoms with van der Waals surface area (Å²) in [4.78, 5) is 24.1. The summed E-state index contributed by atoms with van der Waals surface area (Å²) in [5, 5.41) is 3.30. The van der Waals surface area contributed by atoms with Gasteiger partial charge in [0, 0.05) is 5.39 Å². The molecule has 3 N–H and O–H groups in total. The lowest BCUT2D eigenvalue weighted by Gasteiger charge is -2.13. The molecule has 1 atom stereocenters. The van der Waals surface area contributed by atoms with Crippen molar-refractivity contribution in [3.8, 4) is 5.75 Å². The predicted octanol–water partition coefficient (Wildman–Crippen LogP) is 3.31. The SMILES string of the molecule is CC[C@H](NC(=O)c1c(C)oc2ccc(OCc3ccccc3)cc12)C(N)=O. The lowest BCUT2D eigenvalue weighted by Crippen LogP contribution is -2.44. The largest absolute Gasteiger partial charge is 0.489 e. The molecule has 1 heterocycles. The molecule has 2 amide bonds. The second-order valence-corrected chi connectivity index (χ2v) is 6.30. The van der Waals surface area contributed by atoms with E-state index in [9.17, 15) is 9.59 Å². The van der Waals surface area contributed by atoms with Crippen molar-refractivity contribution in [1.29, 1.82) is 0 Å². The molecule has 2 aromatic carbocycles. The van der Waals surface area contributed by atoms with Crippen molar-refractivity contribution >= 4 is 22.8 Å². The number of nitrogens with one attached hydrogen (secondary N) is 1. The number of amides is 2. The third-order valence-corrected chi connectivity index (χ3v) is 4.37. The van der Waals surface area contributed by atoms with Gasteiger partial charge in [0.2, 0.25) is 5.91 Å². The Kier molecular flexibility index (Phi) is 5.45. The molecular weight excluding hydrogens is 344 g/mol. The van der Waals surface area contributed by atoms with Gasteiger partial charge in [0.25, 0.3) is 5.91 Å². The van der Waals surface area contributed by atoms with Gasteiger partial charge in [-0.3, -0.25) is 9.59 Å². The molecule has 1 aromatic heterocycles. The maximum atomic E-state index is 12.7. The van der Waals surface area contributed by atoms with Gasteiger partial charge in [-0.05, 0) is 37.1 Å². The summed E-state index contributed by atoms with van der Waals surface area (Å²) in [5.41, 5.74) is 7.33. The Hall–Kier alpha value is -3.28. The molecule has 27 heavy (non-hydrogen) atoms. The van der Waals surface area contributed by atoms with E-state index >= 15 is 0 Å². The second kappa shape index (κ2) is 7.95. The number of hydrogen-bond donors (Lipinski definition) is 2. The monoisotopic (exact) mass is 366 g/mol. The van der Waals surface area contributed by atoms with Crippen molar-refractivity contribution < 1.29 is 18.7 Å².